The molecule has 2 amide bonds. The molecule has 1 aliphatic heterocycles. The second kappa shape index (κ2) is 5.35. The Kier molecular flexibility index (Phi) is 4.33. The fourth-order valence-electron chi connectivity index (χ4n) is 1.64. The number of hydrogen-bond acceptors (Lipinski definition) is 3. The van der Waals surface area contributed by atoms with Crippen LogP contribution < -0.4 is 5.32 Å². The fourth-order valence-corrected chi connectivity index (χ4v) is 1.64. The van der Waals surface area contributed by atoms with Crippen LogP contribution >= 0.6 is 0 Å². The van der Waals surface area contributed by atoms with E-state index in [1.165, 1.54) is 0 Å². The summed E-state index contributed by atoms with van der Waals surface area (Å²) in [7, 11) is 0. The Morgan fingerprint density at radius 2 is 2.12 bits per heavy atom. The molecular weight excluding hydrogens is 241 g/mol. The van der Waals surface area contributed by atoms with Gasteiger partial charge < -0.3 is 10.2 Å². The van der Waals surface area contributed by atoms with Crippen LogP contribution in [0.25, 0.3) is 0 Å². The Morgan fingerprint density at radius 3 is 2.65 bits per heavy atom. The van der Waals surface area contributed by atoms with Gasteiger partial charge in [0.05, 0.1) is 13.2 Å². The number of nitrogens with zero attached hydrogens (tertiary/aromatic N) is 1. The summed E-state index contributed by atoms with van der Waals surface area (Å²) >= 11 is 0. The molecule has 0 saturated carbocycles. The Labute approximate surface area is 95.9 Å². The number of nitrogens with one attached hydrogen (secondary N) is 1. The summed E-state index contributed by atoms with van der Waals surface area (Å²) in [5.74, 6) is -0.749. The van der Waals surface area contributed by atoms with Gasteiger partial charge in [-0.3, -0.25) is 14.3 Å². The van der Waals surface area contributed by atoms with Crippen molar-refractivity contribution in [2.24, 2.45) is 0 Å². The van der Waals surface area contributed by atoms with Gasteiger partial charge in [-0.1, -0.05) is 6.92 Å². The highest BCUT2D eigenvalue weighted by molar-refractivity contribution is 5.94. The van der Waals surface area contributed by atoms with Crippen molar-refractivity contribution in [1.82, 2.24) is 10.2 Å². The van der Waals surface area contributed by atoms with Gasteiger partial charge in [-0.25, -0.2) is 0 Å². The van der Waals surface area contributed by atoms with Crippen molar-refractivity contribution in [2.75, 3.05) is 19.7 Å². The maximum Gasteiger partial charge on any atom is 0.522 e. The van der Waals surface area contributed by atoms with Crippen LogP contribution in [-0.4, -0.2) is 48.8 Å². The van der Waals surface area contributed by atoms with Crippen molar-refractivity contribution in [1.29, 1.82) is 0 Å². The van der Waals surface area contributed by atoms with Gasteiger partial charge in [0, 0.05) is 6.54 Å². The summed E-state index contributed by atoms with van der Waals surface area (Å²) in [4.78, 5) is 23.9. The summed E-state index contributed by atoms with van der Waals surface area (Å²) < 4.78 is 38.9. The first-order valence-corrected chi connectivity index (χ1v) is 5.13. The summed E-state index contributed by atoms with van der Waals surface area (Å²) in [6.07, 6.45) is -4.37. The third-order valence-electron chi connectivity index (χ3n) is 2.40. The van der Waals surface area contributed by atoms with Gasteiger partial charge >= 0.3 is 6.36 Å². The van der Waals surface area contributed by atoms with E-state index in [0.717, 1.165) is 4.90 Å². The molecular formula is C9H13F3N2O3. The number of rotatable bonds is 4. The van der Waals surface area contributed by atoms with Gasteiger partial charge in [0.1, 0.15) is 6.04 Å². The molecule has 0 aromatic carbocycles. The van der Waals surface area contributed by atoms with E-state index >= 15 is 0 Å². The molecule has 0 aromatic heterocycles. The molecule has 98 valence electrons. The molecule has 1 saturated heterocycles. The van der Waals surface area contributed by atoms with Gasteiger partial charge in [0.15, 0.2) is 0 Å². The van der Waals surface area contributed by atoms with Gasteiger partial charge in [0.25, 0.3) is 0 Å². The second-order valence-electron chi connectivity index (χ2n) is 3.52. The Morgan fingerprint density at radius 1 is 1.47 bits per heavy atom. The molecule has 1 fully saturated rings. The Balaban J connectivity index is 2.53. The highest BCUT2D eigenvalue weighted by Gasteiger charge is 2.34. The van der Waals surface area contributed by atoms with Crippen LogP contribution in [-0.2, 0) is 14.3 Å². The average Bonchev–Trinajstić information content (AvgIpc) is 2.21. The topological polar surface area (TPSA) is 58.6 Å². The lowest BCUT2D eigenvalue weighted by Gasteiger charge is -2.34. The molecule has 0 aliphatic carbocycles. The minimum Gasteiger partial charge on any atom is -0.345 e. The van der Waals surface area contributed by atoms with Crippen molar-refractivity contribution in [3.8, 4) is 0 Å². The largest absolute Gasteiger partial charge is 0.522 e. The monoisotopic (exact) mass is 254 g/mol. The number of hydrogen-bond donors (Lipinski definition) is 1. The SMILES string of the molecule is CCC1C(=O)NCC(=O)N1CCOC(F)(F)F. The van der Waals surface area contributed by atoms with Crippen molar-refractivity contribution in [2.45, 2.75) is 25.7 Å². The third-order valence-corrected chi connectivity index (χ3v) is 2.40. The number of carbonyl (C=O) groups excluding carboxylic acids is 2. The van der Waals surface area contributed by atoms with E-state index < -0.39 is 24.9 Å². The van der Waals surface area contributed by atoms with E-state index in [2.05, 4.69) is 10.1 Å². The summed E-state index contributed by atoms with van der Waals surface area (Å²) in [5.41, 5.74) is 0. The molecule has 0 radical (unpaired) electrons. The lowest BCUT2D eigenvalue weighted by molar-refractivity contribution is -0.325. The van der Waals surface area contributed by atoms with E-state index in [4.69, 9.17) is 0 Å². The smallest absolute Gasteiger partial charge is 0.345 e. The molecule has 0 spiro atoms. The molecule has 5 nitrogen and oxygen atoms in total. The van der Waals surface area contributed by atoms with Crippen molar-refractivity contribution in [3.05, 3.63) is 0 Å². The van der Waals surface area contributed by atoms with Gasteiger partial charge in [-0.15, -0.1) is 13.2 Å². The van der Waals surface area contributed by atoms with Crippen molar-refractivity contribution >= 4 is 11.8 Å². The Bertz CT molecular complexity index is 306. The van der Waals surface area contributed by atoms with Crippen LogP contribution in [0.1, 0.15) is 13.3 Å². The zero-order chi connectivity index (χ0) is 13.1. The molecule has 1 rings (SSSR count). The molecule has 1 unspecified atom stereocenters. The minimum atomic E-state index is -4.72. The zero-order valence-electron chi connectivity index (χ0n) is 9.21. The normalized spacial score (nSPS) is 21.6. The molecule has 17 heavy (non-hydrogen) atoms. The molecule has 1 aliphatic rings. The van der Waals surface area contributed by atoms with Crippen LogP contribution in [0.5, 0.6) is 0 Å². The fraction of sp³-hybridized carbons (Fsp3) is 0.778. The van der Waals surface area contributed by atoms with Gasteiger partial charge in [0.2, 0.25) is 11.8 Å². The van der Waals surface area contributed by atoms with E-state index in [0.29, 0.717) is 6.42 Å². The van der Waals surface area contributed by atoms with E-state index in [9.17, 15) is 22.8 Å². The Hall–Kier alpha value is -1.31. The summed E-state index contributed by atoms with van der Waals surface area (Å²) in [6, 6.07) is -0.715. The highest BCUT2D eigenvalue weighted by atomic mass is 19.4. The highest BCUT2D eigenvalue weighted by Crippen LogP contribution is 2.16. The molecule has 1 N–H and O–H groups in total. The van der Waals surface area contributed by atoms with Gasteiger partial charge in [-0.05, 0) is 6.42 Å². The van der Waals surface area contributed by atoms with Crippen LogP contribution in [0.2, 0.25) is 0 Å². The quantitative estimate of drug-likeness (QED) is 0.783. The zero-order valence-corrected chi connectivity index (χ0v) is 9.21. The molecule has 1 atom stereocenters. The number of halogens is 3. The third kappa shape index (κ3) is 3.88. The lowest BCUT2D eigenvalue weighted by Crippen LogP contribution is -2.58. The van der Waals surface area contributed by atoms with Crippen molar-refractivity contribution in [3.63, 3.8) is 0 Å². The number of alkyl halides is 3. The molecule has 8 heteroatoms. The van der Waals surface area contributed by atoms with Crippen LogP contribution in [0.3, 0.4) is 0 Å². The van der Waals surface area contributed by atoms with E-state index in [1.54, 1.807) is 6.92 Å². The predicted molar refractivity (Wildman–Crippen MR) is 50.8 cm³/mol. The van der Waals surface area contributed by atoms with E-state index in [1.807, 2.05) is 0 Å². The maximum absolute atomic E-state index is 11.8. The predicted octanol–water partition coefficient (Wildman–Crippen LogP) is 0.260. The van der Waals surface area contributed by atoms with Crippen LogP contribution in [0, 0.1) is 0 Å². The standard InChI is InChI=1S/C9H13F3N2O3/c1-2-6-8(16)13-5-7(15)14(6)3-4-17-9(10,11)12/h6H,2-5H2,1H3,(H,13,16). The summed E-state index contributed by atoms with van der Waals surface area (Å²) in [6.45, 7) is 0.588. The molecule has 0 aromatic rings. The molecule has 1 heterocycles. The van der Waals surface area contributed by atoms with Crippen LogP contribution in [0.4, 0.5) is 13.2 Å². The minimum absolute atomic E-state index is 0.179. The van der Waals surface area contributed by atoms with Crippen LogP contribution in [0.15, 0.2) is 0 Å². The first kappa shape index (κ1) is 13.8. The second-order valence-corrected chi connectivity index (χ2v) is 3.52. The number of carbonyl (C=O) groups is 2. The average molecular weight is 254 g/mol. The number of ether oxygens (including phenoxy) is 1. The van der Waals surface area contributed by atoms with E-state index in [-0.39, 0.29) is 19.0 Å². The van der Waals surface area contributed by atoms with Gasteiger partial charge in [-0.2, -0.15) is 0 Å². The summed E-state index contributed by atoms with van der Waals surface area (Å²) in [5, 5.41) is 2.38. The molecule has 0 bridgehead atoms. The number of amides is 2. The first-order valence-electron chi connectivity index (χ1n) is 5.13. The first-order chi connectivity index (χ1) is 7.85. The number of piperazine rings is 1. The maximum atomic E-state index is 11.8. The van der Waals surface area contributed by atoms with Crippen molar-refractivity contribution < 1.29 is 27.5 Å². The lowest BCUT2D eigenvalue weighted by atomic mass is 10.1.